The Morgan fingerprint density at radius 2 is 1.45 bits per heavy atom. The largest absolute Gasteiger partial charge is 0.481 e. The van der Waals surface area contributed by atoms with Gasteiger partial charge in [-0.25, -0.2) is 4.98 Å². The number of thiazole rings is 1. The molecule has 0 aliphatic carbocycles. The van der Waals surface area contributed by atoms with E-state index in [-0.39, 0.29) is 43.1 Å². The van der Waals surface area contributed by atoms with Crippen molar-refractivity contribution in [1.82, 2.24) is 40.2 Å². The molecule has 5 atom stereocenters. The minimum atomic E-state index is -0.977. The number of carbonyl (C=O) groups is 5. The molecule has 0 bridgehead atoms. The Kier molecular flexibility index (Phi) is 14.4. The van der Waals surface area contributed by atoms with Gasteiger partial charge in [-0.2, -0.15) is 0 Å². The molecule has 2 saturated heterocycles. The van der Waals surface area contributed by atoms with Gasteiger partial charge < -0.3 is 30.6 Å². The number of hydrogen-bond donors (Lipinski definition) is 4. The molecule has 3 aliphatic rings. The molecular formula is C55H61N9O7S2. The third-order valence-electron chi connectivity index (χ3n) is 14.4. The van der Waals surface area contributed by atoms with Gasteiger partial charge in [-0.15, -0.1) is 32.9 Å². The van der Waals surface area contributed by atoms with E-state index in [2.05, 4.69) is 39.7 Å². The van der Waals surface area contributed by atoms with E-state index in [1.807, 2.05) is 124 Å². The summed E-state index contributed by atoms with van der Waals surface area (Å²) in [7, 11) is 0. The fourth-order valence-electron chi connectivity index (χ4n) is 10.1. The van der Waals surface area contributed by atoms with E-state index < -0.39 is 47.4 Å². The number of likely N-dealkylation sites (tertiary alicyclic amines) is 2. The molecule has 3 aromatic carbocycles. The molecule has 73 heavy (non-hydrogen) atoms. The summed E-state index contributed by atoms with van der Waals surface area (Å²) in [5.41, 5.74) is 9.90. The summed E-state index contributed by atoms with van der Waals surface area (Å²) in [6.07, 6.45) is -0.212. The zero-order chi connectivity index (χ0) is 52.0. The van der Waals surface area contributed by atoms with Gasteiger partial charge in [0.2, 0.25) is 17.7 Å². The van der Waals surface area contributed by atoms with Crippen LogP contribution in [0.25, 0.3) is 26.6 Å². The first-order valence-electron chi connectivity index (χ1n) is 24.7. The standard InChI is InChI=1S/C55H61N9O7S2/c1-29-32(4)73-54-45(29)46(58-42(26-44(66)67)49-61-60-33(5)64(49)54)37-15-11-35(12-16-37)36-13-19-40(20-14-36)52(70)62-23-21-39(22-24-62)50(68)59-48(55(6,7)8)53(71)63-27-41(65)25-43(63)51(69)57-30(2)34-9-17-38(18-10-34)47-31(3)56-28-72-47/h9-20,28,30,39,41-43,48,65H,21-27H2,1-8H3,(H,57,69)(H,59,68)(H,66,67)/t30-,41+,42-,43-,48+/m0/s1. The molecule has 3 aliphatic heterocycles. The monoisotopic (exact) mass is 1020 g/mol. The number of aliphatic hydroxyl groups is 1. The molecule has 0 unspecified atom stereocenters. The van der Waals surface area contributed by atoms with Crippen LogP contribution < -0.4 is 10.6 Å². The quantitative estimate of drug-likeness (QED) is 0.0929. The van der Waals surface area contributed by atoms with Crippen molar-refractivity contribution in [3.63, 3.8) is 0 Å². The first kappa shape index (κ1) is 51.0. The maximum Gasteiger partial charge on any atom is 0.306 e. The van der Waals surface area contributed by atoms with Crippen molar-refractivity contribution in [2.75, 3.05) is 19.6 Å². The Balaban J connectivity index is 0.811. The molecule has 0 saturated carbocycles. The zero-order valence-electron chi connectivity index (χ0n) is 42.3. The lowest BCUT2D eigenvalue weighted by atomic mass is 9.84. The normalized spacial score (nSPS) is 18.8. The lowest BCUT2D eigenvalue weighted by Crippen LogP contribution is -2.59. The number of hydrogen-bond acceptors (Lipinski definition) is 12. The maximum absolute atomic E-state index is 14.4. The molecule has 380 valence electrons. The highest BCUT2D eigenvalue weighted by molar-refractivity contribution is 7.15. The number of aromatic nitrogens is 4. The minimum absolute atomic E-state index is 0.0266. The van der Waals surface area contributed by atoms with E-state index in [1.54, 1.807) is 27.6 Å². The second-order valence-electron chi connectivity index (χ2n) is 20.5. The zero-order valence-corrected chi connectivity index (χ0v) is 43.9. The second-order valence-corrected chi connectivity index (χ2v) is 22.6. The fraction of sp³-hybridized carbons (Fsp3) is 0.400. The highest BCUT2D eigenvalue weighted by atomic mass is 32.1. The number of carboxylic acid groups (broad SMARTS) is 1. The van der Waals surface area contributed by atoms with Crippen molar-refractivity contribution in [3.05, 3.63) is 128 Å². The van der Waals surface area contributed by atoms with E-state index in [1.165, 1.54) is 4.90 Å². The topological polar surface area (TPSA) is 212 Å². The highest BCUT2D eigenvalue weighted by Crippen LogP contribution is 2.40. The van der Waals surface area contributed by atoms with E-state index >= 15 is 0 Å². The number of nitrogens with one attached hydrogen (secondary N) is 2. The van der Waals surface area contributed by atoms with Crippen molar-refractivity contribution in [2.24, 2.45) is 16.3 Å². The molecule has 4 N–H and O–H groups in total. The minimum Gasteiger partial charge on any atom is -0.481 e. The van der Waals surface area contributed by atoms with E-state index in [9.17, 15) is 34.2 Å². The second kappa shape index (κ2) is 20.6. The first-order valence-corrected chi connectivity index (χ1v) is 26.4. The van der Waals surface area contributed by atoms with Gasteiger partial charge in [0.25, 0.3) is 5.91 Å². The molecule has 0 radical (unpaired) electrons. The number of piperidine rings is 1. The molecule has 3 aromatic heterocycles. The number of nitrogens with zero attached hydrogens (tertiary/aromatic N) is 7. The third-order valence-corrected chi connectivity index (χ3v) is 16.6. The van der Waals surface area contributed by atoms with Crippen LogP contribution in [0.4, 0.5) is 0 Å². The summed E-state index contributed by atoms with van der Waals surface area (Å²) in [4.78, 5) is 82.7. The van der Waals surface area contributed by atoms with E-state index in [4.69, 9.17) is 4.99 Å². The number of β-amino-alcohol motifs (C(OH)–C–C–N with tert-alkyl or cyclic N) is 1. The summed E-state index contributed by atoms with van der Waals surface area (Å²) < 4.78 is 1.94. The predicted molar refractivity (Wildman–Crippen MR) is 281 cm³/mol. The van der Waals surface area contributed by atoms with Crippen LogP contribution in [0.3, 0.4) is 0 Å². The van der Waals surface area contributed by atoms with Gasteiger partial charge in [-0.1, -0.05) is 81.4 Å². The number of aliphatic hydroxyl groups excluding tert-OH is 1. The van der Waals surface area contributed by atoms with Gasteiger partial charge in [0, 0.05) is 53.5 Å². The number of aliphatic carboxylic acids is 1. The number of rotatable bonds is 12. The smallest absolute Gasteiger partial charge is 0.306 e. The van der Waals surface area contributed by atoms with Crippen molar-refractivity contribution in [3.8, 4) is 26.6 Å². The molecule has 16 nitrogen and oxygen atoms in total. The fourth-order valence-corrected chi connectivity index (χ4v) is 12.1. The number of benzene rings is 3. The summed E-state index contributed by atoms with van der Waals surface area (Å²) in [5.74, 6) is -1.46. The Morgan fingerprint density at radius 3 is 2.07 bits per heavy atom. The SMILES string of the molecule is Cc1ncsc1-c1ccc([C@H](C)NC(=O)[C@@H]2C[C@@H](O)CN2C(=O)[C@@H](NC(=O)C2CCN(C(=O)c3ccc(-c4ccc(C5=N[C@@H](CC(=O)O)c6nnc(C)n6-c6sc(C)c(C)c65)cc4)cc3)CC2)C(C)(C)C)cc1. The summed E-state index contributed by atoms with van der Waals surface area (Å²) in [5, 5.41) is 36.2. The van der Waals surface area contributed by atoms with Crippen LogP contribution >= 0.6 is 22.7 Å². The summed E-state index contributed by atoms with van der Waals surface area (Å²) in [6, 6.07) is 20.4. The van der Waals surface area contributed by atoms with Crippen molar-refractivity contribution < 1.29 is 34.2 Å². The lowest BCUT2D eigenvalue weighted by Gasteiger charge is -2.37. The number of aryl methyl sites for hydroxylation is 3. The van der Waals surface area contributed by atoms with E-state index in [0.29, 0.717) is 48.9 Å². The van der Waals surface area contributed by atoms with Crippen LogP contribution in [0.15, 0.2) is 83.3 Å². The number of amides is 4. The number of fused-ring (bicyclic) bond motifs is 3. The third kappa shape index (κ3) is 10.4. The van der Waals surface area contributed by atoms with Gasteiger partial charge >= 0.3 is 5.97 Å². The van der Waals surface area contributed by atoms with Gasteiger partial charge in [0.05, 0.1) is 40.4 Å². The molecule has 4 amide bonds. The lowest BCUT2D eigenvalue weighted by molar-refractivity contribution is -0.144. The van der Waals surface area contributed by atoms with Crippen molar-refractivity contribution in [1.29, 1.82) is 0 Å². The molecule has 9 rings (SSSR count). The van der Waals surface area contributed by atoms with Crippen LogP contribution in [0, 0.1) is 39.0 Å². The van der Waals surface area contributed by atoms with Crippen LogP contribution in [0.5, 0.6) is 0 Å². The van der Waals surface area contributed by atoms with Crippen LogP contribution in [-0.4, -0.2) is 113 Å². The van der Waals surface area contributed by atoms with Crippen LogP contribution in [0.1, 0.15) is 120 Å². The molecule has 6 aromatic rings. The van der Waals surface area contributed by atoms with Crippen molar-refractivity contribution >= 4 is 58.0 Å². The molecule has 18 heteroatoms. The Labute approximate surface area is 432 Å². The number of carboxylic acids is 1. The Bertz CT molecular complexity index is 3110. The van der Waals surface area contributed by atoms with Gasteiger partial charge in [0.15, 0.2) is 5.82 Å². The molecule has 0 spiro atoms. The Hall–Kier alpha value is -6.89. The van der Waals surface area contributed by atoms with Gasteiger partial charge in [-0.3, -0.25) is 33.5 Å². The average molecular weight is 1020 g/mol. The molecular weight excluding hydrogens is 963 g/mol. The predicted octanol–water partition coefficient (Wildman–Crippen LogP) is 7.94. The van der Waals surface area contributed by atoms with Crippen molar-refractivity contribution in [2.45, 2.75) is 111 Å². The number of thiophene rings is 1. The summed E-state index contributed by atoms with van der Waals surface area (Å²) in [6.45, 7) is 16.1. The average Bonchev–Trinajstić information content (AvgIpc) is 4.14. The first-order chi connectivity index (χ1) is 34.8. The number of aliphatic imine (C=N–C) groups is 1. The van der Waals surface area contributed by atoms with E-state index in [0.717, 1.165) is 59.4 Å². The molecule has 6 heterocycles. The van der Waals surface area contributed by atoms with Gasteiger partial charge in [-0.05, 0) is 92.8 Å². The maximum atomic E-state index is 14.4. The van der Waals surface area contributed by atoms with Crippen LogP contribution in [-0.2, 0) is 19.2 Å². The number of carbonyl (C=O) groups excluding carboxylic acids is 4. The van der Waals surface area contributed by atoms with Gasteiger partial charge in [0.1, 0.15) is 29.0 Å². The molecule has 2 fully saturated rings. The Morgan fingerprint density at radius 1 is 0.822 bits per heavy atom. The van der Waals surface area contributed by atoms with Crippen LogP contribution in [0.2, 0.25) is 0 Å². The summed E-state index contributed by atoms with van der Waals surface area (Å²) >= 11 is 3.18. The highest BCUT2D eigenvalue weighted by Gasteiger charge is 2.45.